The molecule has 0 bridgehead atoms. The van der Waals surface area contributed by atoms with Gasteiger partial charge in [-0.05, 0) is 45.0 Å². The van der Waals surface area contributed by atoms with Gasteiger partial charge in [-0.3, -0.25) is 4.98 Å². The zero-order chi connectivity index (χ0) is 25.7. The van der Waals surface area contributed by atoms with Gasteiger partial charge in [0.1, 0.15) is 11.6 Å². The maximum Gasteiger partial charge on any atom is 0.162 e. The van der Waals surface area contributed by atoms with Crippen molar-refractivity contribution in [1.82, 2.24) is 29.7 Å². The molecule has 6 rings (SSSR count). The van der Waals surface area contributed by atoms with Gasteiger partial charge in [-0.2, -0.15) is 5.10 Å². The maximum absolute atomic E-state index is 14.6. The lowest BCUT2D eigenvalue weighted by Gasteiger charge is -2.34. The Bertz CT molecular complexity index is 1630. The Labute approximate surface area is 218 Å². The largest absolute Gasteiger partial charge is 0.377 e. The Hall–Kier alpha value is -3.82. The summed E-state index contributed by atoms with van der Waals surface area (Å²) in [7, 11) is 0. The zero-order valence-corrected chi connectivity index (χ0v) is 21.4. The van der Waals surface area contributed by atoms with E-state index in [1.54, 1.807) is 23.3 Å². The third kappa shape index (κ3) is 4.14. The van der Waals surface area contributed by atoms with Crippen molar-refractivity contribution in [3.8, 4) is 28.3 Å². The minimum Gasteiger partial charge on any atom is -0.377 e. The highest BCUT2D eigenvalue weighted by Gasteiger charge is 2.25. The van der Waals surface area contributed by atoms with Crippen LogP contribution >= 0.6 is 11.6 Å². The molecule has 4 aromatic heterocycles. The van der Waals surface area contributed by atoms with Crippen LogP contribution in [0.25, 0.3) is 39.2 Å². The molecule has 5 aromatic rings. The van der Waals surface area contributed by atoms with E-state index in [0.717, 1.165) is 33.8 Å². The number of aromatic amines is 1. The molecule has 1 aliphatic heterocycles. The molecule has 37 heavy (non-hydrogen) atoms. The number of H-pyrrole nitrogens is 1. The summed E-state index contributed by atoms with van der Waals surface area (Å²) in [4.78, 5) is 19.3. The fraction of sp³-hybridized carbons (Fsp3) is 0.259. The highest BCUT2D eigenvalue weighted by molar-refractivity contribution is 6.32. The molecule has 0 saturated carbocycles. The van der Waals surface area contributed by atoms with Gasteiger partial charge in [-0.25, -0.2) is 19.0 Å². The number of morpholine rings is 1. The van der Waals surface area contributed by atoms with Gasteiger partial charge in [-0.15, -0.1) is 0 Å². The first-order chi connectivity index (χ1) is 17.9. The van der Waals surface area contributed by atoms with E-state index in [2.05, 4.69) is 21.8 Å². The predicted molar refractivity (Wildman–Crippen MR) is 142 cm³/mol. The van der Waals surface area contributed by atoms with Crippen molar-refractivity contribution in [2.75, 3.05) is 24.7 Å². The van der Waals surface area contributed by atoms with E-state index in [1.807, 2.05) is 32.0 Å². The van der Waals surface area contributed by atoms with Crippen LogP contribution in [0.2, 0.25) is 5.02 Å². The summed E-state index contributed by atoms with van der Waals surface area (Å²) in [6, 6.07) is 8.81. The average molecular weight is 518 g/mol. The number of nitrogens with zero attached hydrogens (tertiary/aromatic N) is 6. The third-order valence-corrected chi connectivity index (χ3v) is 7.07. The Morgan fingerprint density at radius 3 is 2.84 bits per heavy atom. The minimum absolute atomic E-state index is 0.129. The van der Waals surface area contributed by atoms with Crippen LogP contribution in [0.4, 0.5) is 10.2 Å². The molecule has 0 amide bonds. The number of anilines is 1. The SMILES string of the molecule is Cc1nn(-c2ccncc2Cl)c(C)c1-c1cc(N2CCOC[C@H]2C)nc(-c2cc(F)cc3[nH]ccc23)n1. The number of pyridine rings is 1. The van der Waals surface area contributed by atoms with Gasteiger partial charge >= 0.3 is 0 Å². The van der Waals surface area contributed by atoms with E-state index in [-0.39, 0.29) is 11.9 Å². The second kappa shape index (κ2) is 9.24. The first-order valence-corrected chi connectivity index (χ1v) is 12.5. The standard InChI is InChI=1S/C27H25ClFN7O/c1-15-14-37-9-8-35(15)25-12-23(26-16(2)34-36(17(26)3)24-5-6-30-13-21(24)28)32-27(33-25)20-10-18(29)11-22-19(20)4-7-31-22/h4-7,10-13,15,31H,8-9,14H2,1-3H3/t15-/m1/s1. The summed E-state index contributed by atoms with van der Waals surface area (Å²) in [6.07, 6.45) is 5.07. The Kier molecular flexibility index (Phi) is 5.89. The van der Waals surface area contributed by atoms with E-state index in [0.29, 0.717) is 47.4 Å². The van der Waals surface area contributed by atoms with Crippen LogP contribution in [0.5, 0.6) is 0 Å². The number of hydrogen-bond donors (Lipinski definition) is 1. The molecule has 0 aliphatic carbocycles. The number of hydrogen-bond acceptors (Lipinski definition) is 6. The van der Waals surface area contributed by atoms with E-state index < -0.39 is 0 Å². The number of rotatable bonds is 4. The number of halogens is 2. The summed E-state index contributed by atoms with van der Waals surface area (Å²) < 4.78 is 22.1. The highest BCUT2D eigenvalue weighted by atomic mass is 35.5. The van der Waals surface area contributed by atoms with Crippen molar-refractivity contribution in [2.45, 2.75) is 26.8 Å². The number of aromatic nitrogens is 6. The maximum atomic E-state index is 14.6. The molecule has 1 N–H and O–H groups in total. The van der Waals surface area contributed by atoms with Crippen LogP contribution in [0.1, 0.15) is 18.3 Å². The molecule has 188 valence electrons. The first-order valence-electron chi connectivity index (χ1n) is 12.1. The van der Waals surface area contributed by atoms with Crippen molar-refractivity contribution in [2.24, 2.45) is 0 Å². The summed E-state index contributed by atoms with van der Waals surface area (Å²) in [5, 5.41) is 6.13. The van der Waals surface area contributed by atoms with Crippen LogP contribution in [-0.2, 0) is 4.74 Å². The molecule has 10 heteroatoms. The third-order valence-electron chi connectivity index (χ3n) is 6.78. The lowest BCUT2D eigenvalue weighted by atomic mass is 10.1. The molecule has 1 aromatic carbocycles. The second-order valence-electron chi connectivity index (χ2n) is 9.23. The lowest BCUT2D eigenvalue weighted by Crippen LogP contribution is -2.44. The molecule has 0 radical (unpaired) electrons. The Morgan fingerprint density at radius 2 is 2.03 bits per heavy atom. The van der Waals surface area contributed by atoms with Crippen molar-refractivity contribution in [3.05, 3.63) is 71.2 Å². The number of nitrogens with one attached hydrogen (secondary N) is 1. The van der Waals surface area contributed by atoms with E-state index in [9.17, 15) is 4.39 Å². The van der Waals surface area contributed by atoms with Gasteiger partial charge in [0, 0.05) is 53.2 Å². The van der Waals surface area contributed by atoms with Gasteiger partial charge in [0.15, 0.2) is 5.82 Å². The molecule has 1 atom stereocenters. The molecule has 1 aliphatic rings. The molecule has 5 heterocycles. The number of fused-ring (bicyclic) bond motifs is 1. The molecule has 0 unspecified atom stereocenters. The zero-order valence-electron chi connectivity index (χ0n) is 20.7. The smallest absolute Gasteiger partial charge is 0.162 e. The molecule has 0 spiro atoms. The molecular formula is C27H25ClFN7O. The van der Waals surface area contributed by atoms with Crippen LogP contribution in [0, 0.1) is 19.7 Å². The van der Waals surface area contributed by atoms with Crippen molar-refractivity contribution < 1.29 is 9.13 Å². The van der Waals surface area contributed by atoms with Crippen molar-refractivity contribution >= 4 is 28.3 Å². The fourth-order valence-electron chi connectivity index (χ4n) is 5.00. The quantitative estimate of drug-likeness (QED) is 0.338. The number of ether oxygens (including phenoxy) is 1. The lowest BCUT2D eigenvalue weighted by molar-refractivity contribution is 0.0985. The monoisotopic (exact) mass is 517 g/mol. The van der Waals surface area contributed by atoms with E-state index >= 15 is 0 Å². The first kappa shape index (κ1) is 23.6. The summed E-state index contributed by atoms with van der Waals surface area (Å²) in [6.45, 7) is 7.94. The van der Waals surface area contributed by atoms with Crippen LogP contribution in [0.3, 0.4) is 0 Å². The topological polar surface area (TPSA) is 84.8 Å². The summed E-state index contributed by atoms with van der Waals surface area (Å²) in [5.74, 6) is 0.855. The van der Waals surface area contributed by atoms with Gasteiger partial charge in [0.05, 0.1) is 47.0 Å². The second-order valence-corrected chi connectivity index (χ2v) is 9.64. The summed E-state index contributed by atoms with van der Waals surface area (Å²) >= 11 is 6.44. The summed E-state index contributed by atoms with van der Waals surface area (Å²) in [5.41, 5.74) is 5.31. The average Bonchev–Trinajstić information content (AvgIpc) is 3.47. The van der Waals surface area contributed by atoms with Gasteiger partial charge < -0.3 is 14.6 Å². The normalized spacial score (nSPS) is 16.0. The van der Waals surface area contributed by atoms with Crippen LogP contribution < -0.4 is 4.90 Å². The van der Waals surface area contributed by atoms with Crippen LogP contribution in [0.15, 0.2) is 48.9 Å². The molecule has 1 fully saturated rings. The van der Waals surface area contributed by atoms with Gasteiger partial charge in [-0.1, -0.05) is 11.6 Å². The van der Waals surface area contributed by atoms with Gasteiger partial charge in [0.25, 0.3) is 0 Å². The van der Waals surface area contributed by atoms with Crippen molar-refractivity contribution in [3.63, 3.8) is 0 Å². The van der Waals surface area contributed by atoms with Gasteiger partial charge in [0.2, 0.25) is 0 Å². The van der Waals surface area contributed by atoms with Crippen LogP contribution in [-0.4, -0.2) is 55.5 Å². The van der Waals surface area contributed by atoms with E-state index in [4.69, 9.17) is 31.4 Å². The number of aryl methyl sites for hydroxylation is 1. The fourth-order valence-corrected chi connectivity index (χ4v) is 5.20. The molecule has 8 nitrogen and oxygen atoms in total. The van der Waals surface area contributed by atoms with Crippen molar-refractivity contribution in [1.29, 1.82) is 0 Å². The molecular weight excluding hydrogens is 493 g/mol. The predicted octanol–water partition coefficient (Wildman–Crippen LogP) is 5.51. The molecule has 1 saturated heterocycles. The van der Waals surface area contributed by atoms with E-state index in [1.165, 1.54) is 12.1 Å². The minimum atomic E-state index is -0.354. The number of benzene rings is 1. The highest BCUT2D eigenvalue weighted by Crippen LogP contribution is 2.35. The Balaban J connectivity index is 1.58. The Morgan fingerprint density at radius 1 is 1.16 bits per heavy atom.